The molecule has 0 saturated heterocycles. The Bertz CT molecular complexity index is 1040. The molecule has 11 heteroatoms. The standard InChI is InChI=1S/C18H14F2N4OS.H3N.2H2O/c19-12-7-10(21)8-13(20)17(12)24-14-5-6-23-18(25)15(14)16(22)9-1-3-11(26)4-2-9;;;/h1-8,22,26H,21H2,(H2,23,24,25);1H3;2*1H2. The SMILES string of the molecule is N.N=C(c1ccc(S)cc1)c1c(Nc2c(F)cc(N)cc2F)cc[nH]c1=O.O.O. The van der Waals surface area contributed by atoms with Crippen LogP contribution < -0.4 is 22.8 Å². The Hall–Kier alpha value is -3.25. The Kier molecular flexibility index (Phi) is 9.18. The number of thiol groups is 1. The Morgan fingerprint density at radius 2 is 1.62 bits per heavy atom. The third kappa shape index (κ3) is 5.39. The van der Waals surface area contributed by atoms with Gasteiger partial charge in [0.05, 0.1) is 17.0 Å². The summed E-state index contributed by atoms with van der Waals surface area (Å²) in [5, 5.41) is 10.9. The van der Waals surface area contributed by atoms with E-state index in [4.69, 9.17) is 11.1 Å². The van der Waals surface area contributed by atoms with Crippen molar-refractivity contribution in [3.8, 4) is 0 Å². The Balaban J connectivity index is 0.00000261. The van der Waals surface area contributed by atoms with Crippen LogP contribution in [-0.4, -0.2) is 21.6 Å². The van der Waals surface area contributed by atoms with Gasteiger partial charge in [-0.05, 0) is 30.3 Å². The second kappa shape index (κ2) is 10.3. The number of nitrogens with one attached hydrogen (secondary N) is 3. The second-order valence-corrected chi connectivity index (χ2v) is 6.02. The molecule has 0 atom stereocenters. The summed E-state index contributed by atoms with van der Waals surface area (Å²) in [6.45, 7) is 0. The first-order chi connectivity index (χ1) is 12.4. The lowest BCUT2D eigenvalue weighted by molar-refractivity contribution is 0.592. The highest BCUT2D eigenvalue weighted by Crippen LogP contribution is 2.27. The molecule has 3 aromatic rings. The van der Waals surface area contributed by atoms with E-state index in [0.29, 0.717) is 10.5 Å². The number of pyridine rings is 1. The summed E-state index contributed by atoms with van der Waals surface area (Å²) >= 11 is 4.18. The molecule has 0 aliphatic heterocycles. The van der Waals surface area contributed by atoms with Crippen molar-refractivity contribution < 1.29 is 19.7 Å². The zero-order valence-corrected chi connectivity index (χ0v) is 15.9. The van der Waals surface area contributed by atoms with Crippen molar-refractivity contribution >= 4 is 35.4 Å². The van der Waals surface area contributed by atoms with Gasteiger partial charge in [-0.25, -0.2) is 8.78 Å². The molecule has 0 spiro atoms. The van der Waals surface area contributed by atoms with Gasteiger partial charge in [-0.15, -0.1) is 12.6 Å². The number of hydrogen-bond acceptors (Lipinski definition) is 6. The third-order valence-corrected chi connectivity index (χ3v) is 3.99. The predicted molar refractivity (Wildman–Crippen MR) is 113 cm³/mol. The molecule has 0 aliphatic carbocycles. The highest BCUT2D eigenvalue weighted by atomic mass is 32.1. The smallest absolute Gasteiger partial charge is 0.259 e. The van der Waals surface area contributed by atoms with Crippen LogP contribution in [0.4, 0.5) is 25.8 Å². The van der Waals surface area contributed by atoms with Crippen molar-refractivity contribution in [2.75, 3.05) is 11.1 Å². The van der Waals surface area contributed by atoms with Crippen LogP contribution in [0, 0.1) is 17.0 Å². The number of benzene rings is 2. The van der Waals surface area contributed by atoms with E-state index in [9.17, 15) is 13.6 Å². The van der Waals surface area contributed by atoms with Crippen molar-refractivity contribution in [2.24, 2.45) is 0 Å². The molecule has 1 aromatic heterocycles. The van der Waals surface area contributed by atoms with Crippen LogP contribution in [0.1, 0.15) is 11.1 Å². The fourth-order valence-corrected chi connectivity index (χ4v) is 2.60. The van der Waals surface area contributed by atoms with Gasteiger partial charge in [0.2, 0.25) is 0 Å². The van der Waals surface area contributed by atoms with Crippen molar-refractivity contribution in [1.29, 1.82) is 5.41 Å². The molecular formula is C18H21F2N5O3S. The number of nitrogen functional groups attached to an aromatic ring is 1. The molecule has 0 radical (unpaired) electrons. The first kappa shape index (κ1) is 25.8. The van der Waals surface area contributed by atoms with Crippen molar-refractivity contribution in [3.05, 3.63) is 81.8 Å². The molecule has 1 heterocycles. The lowest BCUT2D eigenvalue weighted by Crippen LogP contribution is -2.20. The maximum Gasteiger partial charge on any atom is 0.259 e. The zero-order chi connectivity index (χ0) is 18.8. The van der Waals surface area contributed by atoms with Crippen molar-refractivity contribution in [1.82, 2.24) is 11.1 Å². The van der Waals surface area contributed by atoms with Gasteiger partial charge >= 0.3 is 0 Å². The lowest BCUT2D eigenvalue weighted by Gasteiger charge is -2.14. The molecule has 0 fully saturated rings. The summed E-state index contributed by atoms with van der Waals surface area (Å²) < 4.78 is 28.1. The summed E-state index contributed by atoms with van der Waals surface area (Å²) in [6, 6.07) is 9.97. The van der Waals surface area contributed by atoms with Gasteiger partial charge in [0.15, 0.2) is 11.6 Å². The Morgan fingerprint density at radius 1 is 1.07 bits per heavy atom. The van der Waals surface area contributed by atoms with Crippen molar-refractivity contribution in [2.45, 2.75) is 4.90 Å². The van der Waals surface area contributed by atoms with E-state index in [-0.39, 0.29) is 39.8 Å². The topological polar surface area (TPSA) is 193 Å². The van der Waals surface area contributed by atoms with Gasteiger partial charge in [0.1, 0.15) is 5.69 Å². The van der Waals surface area contributed by atoms with Crippen molar-refractivity contribution in [3.63, 3.8) is 0 Å². The van der Waals surface area contributed by atoms with Crippen LogP contribution in [-0.2, 0) is 0 Å². The number of anilines is 3. The number of rotatable bonds is 4. The maximum absolute atomic E-state index is 14.1. The normalized spacial score (nSPS) is 9.48. The molecule has 3 rings (SSSR count). The minimum atomic E-state index is -0.903. The molecule has 12 N–H and O–H groups in total. The van der Waals surface area contributed by atoms with Gasteiger partial charge in [0.25, 0.3) is 5.56 Å². The molecule has 156 valence electrons. The average molecular weight is 425 g/mol. The van der Waals surface area contributed by atoms with Crippen LogP contribution in [0.25, 0.3) is 0 Å². The van der Waals surface area contributed by atoms with Gasteiger partial charge in [0, 0.05) is 22.3 Å². The number of aromatic amines is 1. The van der Waals surface area contributed by atoms with Crippen LogP contribution >= 0.6 is 12.6 Å². The van der Waals surface area contributed by atoms with Gasteiger partial charge in [-0.1, -0.05) is 12.1 Å². The first-order valence-corrected chi connectivity index (χ1v) is 7.93. The first-order valence-electron chi connectivity index (χ1n) is 7.48. The summed E-state index contributed by atoms with van der Waals surface area (Å²) in [5.41, 5.74) is 4.74. The van der Waals surface area contributed by atoms with E-state index in [2.05, 4.69) is 22.9 Å². The van der Waals surface area contributed by atoms with Gasteiger partial charge in [-0.2, -0.15) is 0 Å². The number of aromatic nitrogens is 1. The highest BCUT2D eigenvalue weighted by molar-refractivity contribution is 7.80. The quantitative estimate of drug-likeness (QED) is 0.212. The number of nitrogens with two attached hydrogens (primary N) is 1. The van der Waals surface area contributed by atoms with Gasteiger partial charge in [-0.3, -0.25) is 10.2 Å². The van der Waals surface area contributed by atoms with E-state index in [0.717, 1.165) is 12.1 Å². The molecule has 29 heavy (non-hydrogen) atoms. The summed E-state index contributed by atoms with van der Waals surface area (Å²) in [7, 11) is 0. The molecule has 0 bridgehead atoms. The van der Waals surface area contributed by atoms with E-state index in [1.165, 1.54) is 12.3 Å². The molecule has 8 nitrogen and oxygen atoms in total. The summed E-state index contributed by atoms with van der Waals surface area (Å²) in [5.74, 6) is -1.81. The van der Waals surface area contributed by atoms with Crippen LogP contribution in [0.15, 0.2) is 58.4 Å². The minimum Gasteiger partial charge on any atom is -0.412 e. The van der Waals surface area contributed by atoms with E-state index in [1.54, 1.807) is 24.3 Å². The highest BCUT2D eigenvalue weighted by Gasteiger charge is 2.18. The molecular weight excluding hydrogens is 404 g/mol. The minimum absolute atomic E-state index is 0. The monoisotopic (exact) mass is 425 g/mol. The molecule has 0 aliphatic rings. The molecule has 0 saturated carbocycles. The second-order valence-electron chi connectivity index (χ2n) is 5.50. The van der Waals surface area contributed by atoms with Crippen LogP contribution in [0.3, 0.4) is 0 Å². The summed E-state index contributed by atoms with van der Waals surface area (Å²) in [6.07, 6.45) is 1.32. The molecule has 2 aromatic carbocycles. The average Bonchev–Trinajstić information content (AvgIpc) is 2.58. The largest absolute Gasteiger partial charge is 0.412 e. The fourth-order valence-electron chi connectivity index (χ4n) is 2.45. The third-order valence-electron chi connectivity index (χ3n) is 3.69. The predicted octanol–water partition coefficient (Wildman–Crippen LogP) is 2.20. The van der Waals surface area contributed by atoms with Gasteiger partial charge < -0.3 is 33.1 Å². The molecule has 0 amide bonds. The Morgan fingerprint density at radius 3 is 2.17 bits per heavy atom. The number of halogens is 2. The van der Waals surface area contributed by atoms with Crippen LogP contribution in [0.5, 0.6) is 0 Å². The number of hydrogen-bond donors (Lipinski definition) is 6. The summed E-state index contributed by atoms with van der Waals surface area (Å²) in [4.78, 5) is 15.4. The maximum atomic E-state index is 14.1. The van der Waals surface area contributed by atoms with Crippen LogP contribution in [0.2, 0.25) is 0 Å². The van der Waals surface area contributed by atoms with E-state index < -0.39 is 22.9 Å². The van der Waals surface area contributed by atoms with E-state index >= 15 is 0 Å². The fraction of sp³-hybridized carbons (Fsp3) is 0. The lowest BCUT2D eigenvalue weighted by atomic mass is 10.0. The Labute approximate surface area is 169 Å². The van der Waals surface area contributed by atoms with E-state index in [1.807, 2.05) is 0 Å². The number of H-pyrrole nitrogens is 1. The molecule has 0 unspecified atom stereocenters. The zero-order valence-electron chi connectivity index (χ0n) is 15.0.